The normalized spacial score (nSPS) is 12.1. The van der Waals surface area contributed by atoms with Crippen LogP contribution in [0.5, 0.6) is 0 Å². The molecule has 7 rings (SSSR count). The summed E-state index contributed by atoms with van der Waals surface area (Å²) < 4.78 is 0. The van der Waals surface area contributed by atoms with Crippen LogP contribution in [0.15, 0.2) is 122 Å². The number of benzene rings is 2. The van der Waals surface area contributed by atoms with E-state index in [0.29, 0.717) is 44.5 Å². The Labute approximate surface area is 230 Å². The fourth-order valence-electron chi connectivity index (χ4n) is 5.45. The molecule has 0 bridgehead atoms. The van der Waals surface area contributed by atoms with Gasteiger partial charge in [0.05, 0.1) is 0 Å². The number of pyridine rings is 4. The van der Waals surface area contributed by atoms with Crippen molar-refractivity contribution in [3.63, 3.8) is 0 Å². The zero-order valence-electron chi connectivity index (χ0n) is 21.2. The van der Waals surface area contributed by atoms with Crippen molar-refractivity contribution in [2.45, 2.75) is 0 Å². The van der Waals surface area contributed by atoms with E-state index in [1.807, 2.05) is 72.8 Å². The van der Waals surface area contributed by atoms with Crippen molar-refractivity contribution in [1.29, 1.82) is 0 Å². The Hall–Kier alpha value is -5.62. The summed E-state index contributed by atoms with van der Waals surface area (Å²) in [6.07, 6.45) is 13.6. The molecule has 4 aromatic heterocycles. The Bertz CT molecular complexity index is 1630. The van der Waals surface area contributed by atoms with Crippen molar-refractivity contribution in [2.75, 3.05) is 0 Å². The minimum Gasteiger partial charge on any atom is -0.289 e. The summed E-state index contributed by atoms with van der Waals surface area (Å²) in [4.78, 5) is 46.7. The van der Waals surface area contributed by atoms with Crippen molar-refractivity contribution < 1.29 is 9.59 Å². The van der Waals surface area contributed by atoms with Crippen LogP contribution >= 0.6 is 0 Å². The molecular formula is C34H20N4O2. The summed E-state index contributed by atoms with van der Waals surface area (Å²) in [5.74, 6) is -0.447. The first kappa shape index (κ1) is 23.5. The lowest BCUT2D eigenvalue weighted by molar-refractivity contribution is 0.0981. The lowest BCUT2D eigenvalue weighted by Gasteiger charge is -2.27. The fraction of sp³-hybridized carbons (Fsp3) is 0. The molecular weight excluding hydrogens is 496 g/mol. The molecule has 40 heavy (non-hydrogen) atoms. The summed E-state index contributed by atoms with van der Waals surface area (Å²) in [5, 5.41) is 0. The molecule has 0 aliphatic heterocycles. The second kappa shape index (κ2) is 9.60. The van der Waals surface area contributed by atoms with Gasteiger partial charge in [-0.05, 0) is 46.5 Å². The maximum atomic E-state index is 14.8. The highest BCUT2D eigenvalue weighted by atomic mass is 16.1. The predicted octanol–water partition coefficient (Wildman–Crippen LogP) is 6.71. The molecule has 0 N–H and O–H groups in total. The third kappa shape index (κ3) is 3.74. The quantitative estimate of drug-likeness (QED) is 0.258. The van der Waals surface area contributed by atoms with E-state index in [4.69, 9.17) is 0 Å². The van der Waals surface area contributed by atoms with E-state index in [1.54, 1.807) is 49.6 Å². The van der Waals surface area contributed by atoms with Crippen LogP contribution in [0.2, 0.25) is 0 Å². The van der Waals surface area contributed by atoms with E-state index >= 15 is 0 Å². The lowest BCUT2D eigenvalue weighted by Crippen LogP contribution is -2.25. The monoisotopic (exact) mass is 516 g/mol. The number of rotatable bonds is 4. The van der Waals surface area contributed by atoms with E-state index in [-0.39, 0.29) is 11.6 Å². The molecule has 2 aromatic carbocycles. The molecule has 6 heteroatoms. The average molecular weight is 517 g/mol. The highest BCUT2D eigenvalue weighted by molar-refractivity contribution is 6.35. The van der Waals surface area contributed by atoms with Crippen LogP contribution in [-0.4, -0.2) is 31.5 Å². The van der Waals surface area contributed by atoms with Gasteiger partial charge in [-0.25, -0.2) is 0 Å². The molecule has 1 aliphatic rings. The molecule has 6 aromatic rings. The van der Waals surface area contributed by atoms with Crippen molar-refractivity contribution in [3.05, 3.63) is 145 Å². The molecule has 0 saturated carbocycles. The fourth-order valence-corrected chi connectivity index (χ4v) is 5.45. The highest BCUT2D eigenvalue weighted by Crippen LogP contribution is 2.44. The van der Waals surface area contributed by atoms with Gasteiger partial charge in [-0.15, -0.1) is 0 Å². The second-order valence-electron chi connectivity index (χ2n) is 9.45. The topological polar surface area (TPSA) is 85.7 Å². The van der Waals surface area contributed by atoms with Crippen LogP contribution in [0, 0.1) is 0 Å². The first-order chi connectivity index (χ1) is 19.7. The Morgan fingerprint density at radius 1 is 0.350 bits per heavy atom. The van der Waals surface area contributed by atoms with E-state index < -0.39 is 0 Å². The van der Waals surface area contributed by atoms with Crippen LogP contribution in [0.1, 0.15) is 31.8 Å². The Kier molecular flexibility index (Phi) is 5.64. The Morgan fingerprint density at radius 3 is 0.800 bits per heavy atom. The number of ketones is 2. The second-order valence-corrected chi connectivity index (χ2v) is 9.45. The number of hydrogen-bond donors (Lipinski definition) is 0. The van der Waals surface area contributed by atoms with E-state index in [1.165, 1.54) is 0 Å². The van der Waals surface area contributed by atoms with E-state index in [0.717, 1.165) is 22.3 Å². The molecule has 6 nitrogen and oxygen atoms in total. The third-order valence-corrected chi connectivity index (χ3v) is 7.21. The third-order valence-electron chi connectivity index (χ3n) is 7.21. The van der Waals surface area contributed by atoms with Gasteiger partial charge >= 0.3 is 0 Å². The van der Waals surface area contributed by atoms with Gasteiger partial charge in [0.2, 0.25) is 0 Å². The van der Waals surface area contributed by atoms with Crippen LogP contribution < -0.4 is 0 Å². The van der Waals surface area contributed by atoms with Crippen LogP contribution in [0.25, 0.3) is 44.5 Å². The van der Waals surface area contributed by atoms with E-state index in [9.17, 15) is 9.59 Å². The summed E-state index contributed by atoms with van der Waals surface area (Å²) in [5.41, 5.74) is 7.10. The zero-order valence-corrected chi connectivity index (χ0v) is 21.2. The van der Waals surface area contributed by atoms with Crippen molar-refractivity contribution in [3.8, 4) is 44.5 Å². The summed E-state index contributed by atoms with van der Waals surface area (Å²) in [6, 6.07) is 22.4. The lowest BCUT2D eigenvalue weighted by atomic mass is 9.73. The standard InChI is InChI=1S/C34H20N4O2/c39-33-29-25(21-5-1-13-35-17-21)9-10-26(22-6-2-14-36-18-22)30(29)34(40)32-28(24-8-4-16-38-20-24)12-11-27(31(32)33)23-7-3-15-37-19-23/h1-20H. The van der Waals surface area contributed by atoms with Gasteiger partial charge in [-0.1, -0.05) is 48.5 Å². The number of fused-ring (bicyclic) bond motifs is 2. The smallest absolute Gasteiger partial charge is 0.195 e. The van der Waals surface area contributed by atoms with Crippen molar-refractivity contribution in [1.82, 2.24) is 19.9 Å². The first-order valence-electron chi connectivity index (χ1n) is 12.8. The van der Waals surface area contributed by atoms with E-state index in [2.05, 4.69) is 19.9 Å². The van der Waals surface area contributed by atoms with Gasteiger partial charge in [0.25, 0.3) is 0 Å². The maximum Gasteiger partial charge on any atom is 0.195 e. The van der Waals surface area contributed by atoms with Crippen LogP contribution in [-0.2, 0) is 0 Å². The van der Waals surface area contributed by atoms with Crippen molar-refractivity contribution >= 4 is 11.6 Å². The van der Waals surface area contributed by atoms with Gasteiger partial charge in [-0.3, -0.25) is 29.5 Å². The van der Waals surface area contributed by atoms with Gasteiger partial charge in [0.15, 0.2) is 11.6 Å². The predicted molar refractivity (Wildman–Crippen MR) is 153 cm³/mol. The number of hydrogen-bond acceptors (Lipinski definition) is 6. The average Bonchev–Trinajstić information content (AvgIpc) is 3.04. The number of carbonyl (C=O) groups is 2. The number of carbonyl (C=O) groups excluding carboxylic acids is 2. The Morgan fingerprint density at radius 2 is 0.600 bits per heavy atom. The number of nitrogens with zero attached hydrogens (tertiary/aromatic N) is 4. The largest absolute Gasteiger partial charge is 0.289 e. The van der Waals surface area contributed by atoms with Gasteiger partial charge in [0.1, 0.15) is 0 Å². The minimum atomic E-state index is -0.223. The van der Waals surface area contributed by atoms with Crippen LogP contribution in [0.4, 0.5) is 0 Å². The molecule has 0 unspecified atom stereocenters. The summed E-state index contributed by atoms with van der Waals surface area (Å²) in [7, 11) is 0. The minimum absolute atomic E-state index is 0.223. The SMILES string of the molecule is O=C1c2c(-c3cccnc3)ccc(-c3cccnc3)c2C(=O)c2c(-c3cccnc3)ccc(-c3cccnc3)c21. The Balaban J connectivity index is 1.60. The summed E-state index contributed by atoms with van der Waals surface area (Å²) >= 11 is 0. The molecule has 1 aliphatic carbocycles. The first-order valence-corrected chi connectivity index (χ1v) is 12.8. The van der Waals surface area contributed by atoms with Gasteiger partial charge < -0.3 is 0 Å². The molecule has 0 amide bonds. The molecule has 0 fully saturated rings. The molecule has 188 valence electrons. The molecule has 0 saturated heterocycles. The van der Waals surface area contributed by atoms with Crippen molar-refractivity contribution in [2.24, 2.45) is 0 Å². The molecule has 0 atom stereocenters. The van der Waals surface area contributed by atoms with Gasteiger partial charge in [0, 0.05) is 94.1 Å². The number of aromatic nitrogens is 4. The summed E-state index contributed by atoms with van der Waals surface area (Å²) in [6.45, 7) is 0. The zero-order chi connectivity index (χ0) is 27.1. The highest BCUT2D eigenvalue weighted by Gasteiger charge is 2.38. The molecule has 4 heterocycles. The molecule has 0 radical (unpaired) electrons. The van der Waals surface area contributed by atoms with Crippen LogP contribution in [0.3, 0.4) is 0 Å². The molecule has 0 spiro atoms. The maximum absolute atomic E-state index is 14.8. The van der Waals surface area contributed by atoms with Gasteiger partial charge in [-0.2, -0.15) is 0 Å².